The first-order chi connectivity index (χ1) is 23.2. The molecule has 274 valence electrons. The molecule has 14 nitrogen and oxygen atoms in total. The molecule has 0 spiro atoms. The molecule has 1 aromatic carbocycles. The Bertz CT molecular complexity index is 1640. The van der Waals surface area contributed by atoms with Crippen molar-refractivity contribution >= 4 is 41.4 Å². The van der Waals surface area contributed by atoms with Gasteiger partial charge in [0.1, 0.15) is 17.7 Å². The normalized spacial score (nSPS) is 11.5. The molecule has 0 aliphatic heterocycles. The van der Waals surface area contributed by atoms with Crippen LogP contribution in [0, 0.1) is 0 Å². The molecule has 0 bridgehead atoms. The standard InChI is InChI=1S/C23H23ClF2N6O4.2C2HF3O2/c1-36-23(35)30-11-15-7-3-2-6-14(15)10-28-18(33)13-32-17(24)12-29-21(22(32)34)31-19(20(25)26)16-8-4-5-9-27-16;2*3-2(4,5)1(6)7/h2-9,12,19-20H,10-11,13H2,1H3,(H,28,33)(H,29,31)(H,30,35);2*(H,6,7). The van der Waals surface area contributed by atoms with E-state index in [1.54, 1.807) is 36.4 Å². The quantitative estimate of drug-likeness (QED) is 0.223. The molecule has 2 heterocycles. The number of nitrogens with zero attached hydrogens (tertiary/aromatic N) is 2. The SMILES string of the molecule is COC(=O)NCc1ccccc1CNC(=O)Cn1c(Cl)cnc(NC(c2cccc[nH+]2)C(F)F)c1=O.O=C(O)C(F)(F)F.O=C([O-])C(F)(F)F. The lowest BCUT2D eigenvalue weighted by Gasteiger charge is -2.16. The van der Waals surface area contributed by atoms with Crippen molar-refractivity contribution in [3.05, 3.63) is 87.2 Å². The Morgan fingerprint density at radius 3 is 1.94 bits per heavy atom. The highest BCUT2D eigenvalue weighted by molar-refractivity contribution is 6.29. The van der Waals surface area contributed by atoms with Crippen LogP contribution in [0.4, 0.5) is 45.7 Å². The molecular weight excluding hydrogens is 724 g/mol. The number of aliphatic carboxylic acids is 2. The van der Waals surface area contributed by atoms with Gasteiger partial charge in [0.05, 0.1) is 13.3 Å². The Kier molecular flexibility index (Phi) is 16.5. The molecule has 50 heavy (non-hydrogen) atoms. The van der Waals surface area contributed by atoms with Crippen LogP contribution in [0.1, 0.15) is 22.9 Å². The molecule has 0 saturated heterocycles. The van der Waals surface area contributed by atoms with Crippen molar-refractivity contribution in [2.24, 2.45) is 0 Å². The van der Waals surface area contributed by atoms with E-state index in [1.165, 1.54) is 19.4 Å². The summed E-state index contributed by atoms with van der Waals surface area (Å²) in [5, 5.41) is 23.5. The number of carbonyl (C=O) groups excluding carboxylic acids is 3. The number of aromatic amines is 1. The maximum Gasteiger partial charge on any atom is 0.490 e. The molecule has 3 rings (SSSR count). The summed E-state index contributed by atoms with van der Waals surface area (Å²) in [5.74, 6) is -6.69. The minimum Gasteiger partial charge on any atom is -0.542 e. The van der Waals surface area contributed by atoms with Gasteiger partial charge >= 0.3 is 24.4 Å². The minimum absolute atomic E-state index is 0.109. The van der Waals surface area contributed by atoms with Gasteiger partial charge in [-0.1, -0.05) is 41.9 Å². The van der Waals surface area contributed by atoms with Crippen LogP contribution in [-0.2, 0) is 38.8 Å². The van der Waals surface area contributed by atoms with Crippen molar-refractivity contribution in [1.82, 2.24) is 20.2 Å². The number of amides is 2. The lowest BCUT2D eigenvalue weighted by molar-refractivity contribution is -0.394. The number of rotatable bonds is 10. The molecule has 0 aliphatic rings. The van der Waals surface area contributed by atoms with Gasteiger partial charge in [0.25, 0.3) is 12.0 Å². The largest absolute Gasteiger partial charge is 0.542 e. The smallest absolute Gasteiger partial charge is 0.490 e. The zero-order valence-corrected chi connectivity index (χ0v) is 25.8. The van der Waals surface area contributed by atoms with Crippen LogP contribution < -0.4 is 31.6 Å². The van der Waals surface area contributed by atoms with Crippen LogP contribution in [0.15, 0.2) is 59.7 Å². The summed E-state index contributed by atoms with van der Waals surface area (Å²) in [7, 11) is 1.25. The first-order valence-electron chi connectivity index (χ1n) is 13.2. The van der Waals surface area contributed by atoms with E-state index in [1.807, 2.05) is 0 Å². The van der Waals surface area contributed by atoms with Crippen molar-refractivity contribution in [2.75, 3.05) is 12.4 Å². The second-order valence-corrected chi connectivity index (χ2v) is 9.46. The molecule has 0 aliphatic carbocycles. The lowest BCUT2D eigenvalue weighted by Crippen LogP contribution is -2.37. The van der Waals surface area contributed by atoms with Gasteiger partial charge in [0, 0.05) is 25.2 Å². The van der Waals surface area contributed by atoms with E-state index < -0.39 is 60.9 Å². The molecule has 1 atom stereocenters. The van der Waals surface area contributed by atoms with Crippen LogP contribution in [0.25, 0.3) is 0 Å². The minimum atomic E-state index is -5.19. The number of benzene rings is 1. The zero-order valence-electron chi connectivity index (χ0n) is 25.1. The first kappa shape index (κ1) is 42.5. The van der Waals surface area contributed by atoms with E-state index >= 15 is 0 Å². The van der Waals surface area contributed by atoms with Gasteiger partial charge in [0.2, 0.25) is 11.6 Å². The van der Waals surface area contributed by atoms with Crippen molar-refractivity contribution in [1.29, 1.82) is 0 Å². The van der Waals surface area contributed by atoms with E-state index in [4.69, 9.17) is 31.4 Å². The molecule has 0 fully saturated rings. The molecule has 23 heteroatoms. The predicted molar refractivity (Wildman–Crippen MR) is 151 cm³/mol. The highest BCUT2D eigenvalue weighted by Gasteiger charge is 2.38. The van der Waals surface area contributed by atoms with Crippen molar-refractivity contribution in [3.8, 4) is 0 Å². The van der Waals surface area contributed by atoms with Crippen molar-refractivity contribution < 1.29 is 74.2 Å². The monoisotopic (exact) mass is 748 g/mol. The summed E-state index contributed by atoms with van der Waals surface area (Å²) >= 11 is 6.08. The van der Waals surface area contributed by atoms with Gasteiger partial charge in [-0.2, -0.15) is 26.3 Å². The fourth-order valence-electron chi connectivity index (χ4n) is 3.27. The number of pyridine rings is 1. The van der Waals surface area contributed by atoms with Gasteiger partial charge in [-0.05, 0) is 11.1 Å². The fourth-order valence-corrected chi connectivity index (χ4v) is 3.46. The Morgan fingerprint density at radius 2 is 1.50 bits per heavy atom. The molecule has 3 aromatic rings. The number of H-pyrrole nitrogens is 1. The molecule has 5 N–H and O–H groups in total. The van der Waals surface area contributed by atoms with E-state index in [-0.39, 0.29) is 29.8 Å². The summed E-state index contributed by atoms with van der Waals surface area (Å²) in [6.45, 7) is -0.167. The Labute approximate surface area is 280 Å². The van der Waals surface area contributed by atoms with Gasteiger partial charge in [-0.25, -0.2) is 28.3 Å². The third kappa shape index (κ3) is 14.7. The zero-order chi connectivity index (χ0) is 38.2. The van der Waals surface area contributed by atoms with Gasteiger partial charge in [-0.3, -0.25) is 14.2 Å². The summed E-state index contributed by atoms with van der Waals surface area (Å²) in [5.41, 5.74) is 0.802. The maximum absolute atomic E-state index is 13.7. The van der Waals surface area contributed by atoms with E-state index in [9.17, 15) is 49.5 Å². The topological polar surface area (TPSA) is 206 Å². The number of hydrogen-bond donors (Lipinski definition) is 4. The van der Waals surface area contributed by atoms with Crippen LogP contribution in [0.2, 0.25) is 5.15 Å². The third-order valence-corrected chi connectivity index (χ3v) is 5.90. The number of hydrogen-bond acceptors (Lipinski definition) is 9. The third-order valence-electron chi connectivity index (χ3n) is 5.60. The van der Waals surface area contributed by atoms with E-state index in [0.29, 0.717) is 0 Å². The number of carboxylic acids is 2. The molecule has 0 saturated carbocycles. The Balaban J connectivity index is 0.000000748. The van der Waals surface area contributed by atoms with Crippen molar-refractivity contribution in [2.45, 2.75) is 44.5 Å². The number of methoxy groups -OCH3 is 1. The van der Waals surface area contributed by atoms with Crippen LogP contribution in [0.3, 0.4) is 0 Å². The number of nitrogens with one attached hydrogen (secondary N) is 4. The number of carboxylic acid groups (broad SMARTS) is 2. The molecule has 2 amide bonds. The molecular formula is C27H25ClF8N6O8. The summed E-state index contributed by atoms with van der Waals surface area (Å²) in [6, 6.07) is 10.2. The predicted octanol–water partition coefficient (Wildman–Crippen LogP) is 2.23. The average molecular weight is 749 g/mol. The number of carbonyl (C=O) groups is 4. The Morgan fingerprint density at radius 1 is 0.980 bits per heavy atom. The van der Waals surface area contributed by atoms with Crippen LogP contribution in [-0.4, -0.2) is 64.5 Å². The molecule has 0 radical (unpaired) electrons. The molecule has 1 unspecified atom stereocenters. The summed E-state index contributed by atoms with van der Waals surface area (Å²) in [6.07, 6.45) is -11.1. The average Bonchev–Trinajstić information content (AvgIpc) is 3.04. The lowest BCUT2D eigenvalue weighted by atomic mass is 10.1. The second-order valence-electron chi connectivity index (χ2n) is 9.07. The number of halogens is 9. The first-order valence-corrected chi connectivity index (χ1v) is 13.6. The highest BCUT2D eigenvalue weighted by atomic mass is 35.5. The Hall–Kier alpha value is -5.54. The number of aromatic nitrogens is 3. The van der Waals surface area contributed by atoms with Crippen molar-refractivity contribution in [3.63, 3.8) is 0 Å². The van der Waals surface area contributed by atoms with Crippen LogP contribution >= 0.6 is 11.6 Å². The number of alkyl carbamates (subject to hydrolysis) is 1. The van der Waals surface area contributed by atoms with Gasteiger partial charge in [-0.15, -0.1) is 0 Å². The number of alkyl halides is 8. The number of anilines is 1. The number of ether oxygens (including phenoxy) is 1. The maximum atomic E-state index is 13.7. The highest BCUT2D eigenvalue weighted by Crippen LogP contribution is 2.21. The second kappa shape index (κ2) is 19.5. The van der Waals surface area contributed by atoms with Crippen LogP contribution in [0.5, 0.6) is 0 Å². The fraction of sp³-hybridized carbons (Fsp3) is 0.296. The summed E-state index contributed by atoms with van der Waals surface area (Å²) in [4.78, 5) is 61.0. The van der Waals surface area contributed by atoms with Gasteiger partial charge < -0.3 is 35.7 Å². The van der Waals surface area contributed by atoms with E-state index in [2.05, 4.69) is 30.7 Å². The van der Waals surface area contributed by atoms with E-state index in [0.717, 1.165) is 21.9 Å². The molecule has 2 aromatic heterocycles. The summed E-state index contributed by atoms with van der Waals surface area (Å²) < 4.78 is 96.1. The van der Waals surface area contributed by atoms with Gasteiger partial charge in [0.15, 0.2) is 18.1 Å².